The molecule has 0 heterocycles. The van der Waals surface area contributed by atoms with Crippen molar-refractivity contribution in [2.75, 3.05) is 0 Å². The summed E-state index contributed by atoms with van der Waals surface area (Å²) < 4.78 is 0. The number of benzene rings is 1. The molecule has 1 aromatic carbocycles. The Hall–Kier alpha value is -1.45. The minimum Gasteiger partial charge on any atom is -0.324 e. The molecule has 3 heteroatoms. The normalized spacial score (nSPS) is 20.9. The highest BCUT2D eigenvalue weighted by molar-refractivity contribution is 5.78. The fourth-order valence-corrected chi connectivity index (χ4v) is 2.16. The van der Waals surface area contributed by atoms with Gasteiger partial charge in [-0.05, 0) is 25.0 Å². The maximum atomic E-state index is 7.44. The summed E-state index contributed by atoms with van der Waals surface area (Å²) in [7, 11) is 0. The molecule has 16 heavy (non-hydrogen) atoms. The van der Waals surface area contributed by atoms with E-state index >= 15 is 0 Å². The van der Waals surface area contributed by atoms with E-state index in [1.807, 2.05) is 18.2 Å². The van der Waals surface area contributed by atoms with E-state index in [1.54, 1.807) is 0 Å². The third-order valence-corrected chi connectivity index (χ3v) is 3.03. The predicted molar refractivity (Wildman–Crippen MR) is 65.7 cm³/mol. The van der Waals surface area contributed by atoms with Crippen LogP contribution in [0.5, 0.6) is 0 Å². The smallest absolute Gasteiger partial charge is 0.134 e. The third-order valence-electron chi connectivity index (χ3n) is 3.03. The highest BCUT2D eigenvalue weighted by atomic mass is 14.9. The van der Waals surface area contributed by atoms with Gasteiger partial charge in [0.05, 0.1) is 0 Å². The van der Waals surface area contributed by atoms with Gasteiger partial charge in [-0.3, -0.25) is 5.32 Å². The Morgan fingerprint density at radius 2 is 2.06 bits per heavy atom. The van der Waals surface area contributed by atoms with Gasteiger partial charge in [0, 0.05) is 24.3 Å². The van der Waals surface area contributed by atoms with Crippen molar-refractivity contribution in [3.05, 3.63) is 41.6 Å². The number of allylic oxidation sites excluding steroid dienone is 1. The first-order valence-electron chi connectivity index (χ1n) is 5.70. The molecular formula is C13H18N3+. The van der Waals surface area contributed by atoms with Crippen LogP contribution in [0.2, 0.25) is 0 Å². The SMILES string of the molecule is N=CC1=C([NH2+]c2ccccc2)CCCC1N. The Balaban J connectivity index is 2.22. The number of rotatable bonds is 3. The van der Waals surface area contributed by atoms with E-state index in [0.717, 1.165) is 24.8 Å². The summed E-state index contributed by atoms with van der Waals surface area (Å²) in [6.07, 6.45) is 4.57. The molecule has 0 amide bonds. The zero-order chi connectivity index (χ0) is 11.4. The molecule has 0 bridgehead atoms. The monoisotopic (exact) mass is 216 g/mol. The largest absolute Gasteiger partial charge is 0.324 e. The summed E-state index contributed by atoms with van der Waals surface area (Å²) in [4.78, 5) is 0. The fraction of sp³-hybridized carbons (Fsp3) is 0.308. The Morgan fingerprint density at radius 1 is 1.31 bits per heavy atom. The van der Waals surface area contributed by atoms with Crippen molar-refractivity contribution in [3.63, 3.8) is 0 Å². The van der Waals surface area contributed by atoms with E-state index in [-0.39, 0.29) is 6.04 Å². The number of para-hydroxylation sites is 1. The van der Waals surface area contributed by atoms with Crippen molar-refractivity contribution in [1.82, 2.24) is 0 Å². The molecule has 0 radical (unpaired) electrons. The van der Waals surface area contributed by atoms with Crippen LogP contribution >= 0.6 is 0 Å². The predicted octanol–water partition coefficient (Wildman–Crippen LogP) is 1.30. The van der Waals surface area contributed by atoms with Crippen LogP contribution in [0.3, 0.4) is 0 Å². The number of nitrogens with one attached hydrogen (secondary N) is 1. The lowest BCUT2D eigenvalue weighted by atomic mass is 9.92. The van der Waals surface area contributed by atoms with Crippen LogP contribution in [-0.2, 0) is 0 Å². The summed E-state index contributed by atoms with van der Waals surface area (Å²) >= 11 is 0. The zero-order valence-corrected chi connectivity index (χ0v) is 9.32. The lowest BCUT2D eigenvalue weighted by molar-refractivity contribution is -0.521. The van der Waals surface area contributed by atoms with Crippen LogP contribution in [-0.4, -0.2) is 12.3 Å². The maximum Gasteiger partial charge on any atom is 0.134 e. The molecule has 1 aliphatic carbocycles. The van der Waals surface area contributed by atoms with Crippen LogP contribution in [0.15, 0.2) is 41.6 Å². The molecule has 1 aliphatic rings. The number of hydrogen-bond donors (Lipinski definition) is 3. The van der Waals surface area contributed by atoms with Gasteiger partial charge in [-0.25, -0.2) is 0 Å². The first-order valence-corrected chi connectivity index (χ1v) is 5.70. The van der Waals surface area contributed by atoms with Crippen molar-refractivity contribution < 1.29 is 5.32 Å². The summed E-state index contributed by atoms with van der Waals surface area (Å²) in [6, 6.07) is 10.3. The number of quaternary nitrogens is 1. The van der Waals surface area contributed by atoms with Gasteiger partial charge in [0.2, 0.25) is 0 Å². The highest BCUT2D eigenvalue weighted by Crippen LogP contribution is 2.19. The molecule has 2 rings (SSSR count). The van der Waals surface area contributed by atoms with Gasteiger partial charge >= 0.3 is 0 Å². The Bertz CT molecular complexity index is 395. The van der Waals surface area contributed by atoms with Crippen LogP contribution in [0.25, 0.3) is 0 Å². The molecular weight excluding hydrogens is 198 g/mol. The molecule has 1 unspecified atom stereocenters. The Labute approximate surface area is 95.9 Å². The second kappa shape index (κ2) is 5.05. The van der Waals surface area contributed by atoms with E-state index in [1.165, 1.54) is 17.6 Å². The summed E-state index contributed by atoms with van der Waals surface area (Å²) in [5.74, 6) is 0. The average Bonchev–Trinajstić information content (AvgIpc) is 2.31. The summed E-state index contributed by atoms with van der Waals surface area (Å²) in [6.45, 7) is 0. The van der Waals surface area contributed by atoms with Gasteiger partial charge in [0.1, 0.15) is 11.4 Å². The molecule has 0 aromatic heterocycles. The van der Waals surface area contributed by atoms with E-state index in [2.05, 4.69) is 17.4 Å². The fourth-order valence-electron chi connectivity index (χ4n) is 2.16. The molecule has 1 atom stereocenters. The van der Waals surface area contributed by atoms with Crippen molar-refractivity contribution in [2.24, 2.45) is 5.73 Å². The standard InChI is InChI=1S/C13H17N3/c14-9-11-12(15)7-4-8-13(11)16-10-5-2-1-3-6-10/h1-3,5-6,9,12,14,16H,4,7-8,15H2/p+1. The van der Waals surface area contributed by atoms with Gasteiger partial charge in [-0.2, -0.15) is 0 Å². The number of hydrogen-bond acceptors (Lipinski definition) is 2. The molecule has 3 nitrogen and oxygen atoms in total. The molecule has 0 fully saturated rings. The van der Waals surface area contributed by atoms with Crippen molar-refractivity contribution in [2.45, 2.75) is 25.3 Å². The van der Waals surface area contributed by atoms with Crippen molar-refractivity contribution in [3.8, 4) is 0 Å². The van der Waals surface area contributed by atoms with Crippen LogP contribution in [0, 0.1) is 5.41 Å². The molecule has 84 valence electrons. The van der Waals surface area contributed by atoms with Crippen LogP contribution < -0.4 is 11.1 Å². The van der Waals surface area contributed by atoms with Gasteiger partial charge in [0.15, 0.2) is 0 Å². The lowest BCUT2D eigenvalue weighted by Crippen LogP contribution is -2.77. The minimum absolute atomic E-state index is 0.0428. The Kier molecular flexibility index (Phi) is 3.49. The van der Waals surface area contributed by atoms with E-state index in [4.69, 9.17) is 11.1 Å². The molecule has 1 aromatic rings. The van der Waals surface area contributed by atoms with Crippen LogP contribution in [0.4, 0.5) is 5.69 Å². The quantitative estimate of drug-likeness (QED) is 0.517. The molecule has 0 saturated carbocycles. The van der Waals surface area contributed by atoms with E-state index in [0.29, 0.717) is 0 Å². The van der Waals surface area contributed by atoms with Crippen molar-refractivity contribution >= 4 is 11.9 Å². The molecule has 0 saturated heterocycles. The topological polar surface area (TPSA) is 66.5 Å². The van der Waals surface area contributed by atoms with Gasteiger partial charge in [-0.15, -0.1) is 0 Å². The van der Waals surface area contributed by atoms with E-state index in [9.17, 15) is 0 Å². The van der Waals surface area contributed by atoms with Gasteiger partial charge in [-0.1, -0.05) is 18.2 Å². The molecule has 5 N–H and O–H groups in total. The maximum absolute atomic E-state index is 7.44. The molecule has 0 aliphatic heterocycles. The lowest BCUT2D eigenvalue weighted by Gasteiger charge is -2.20. The van der Waals surface area contributed by atoms with Gasteiger partial charge < -0.3 is 11.1 Å². The highest BCUT2D eigenvalue weighted by Gasteiger charge is 2.21. The second-order valence-corrected chi connectivity index (χ2v) is 4.18. The first kappa shape index (κ1) is 11.0. The Morgan fingerprint density at radius 3 is 2.75 bits per heavy atom. The second-order valence-electron chi connectivity index (χ2n) is 4.18. The minimum atomic E-state index is 0.0428. The first-order chi connectivity index (χ1) is 7.81. The molecule has 0 spiro atoms. The van der Waals surface area contributed by atoms with E-state index < -0.39 is 0 Å². The average molecular weight is 216 g/mol. The zero-order valence-electron chi connectivity index (χ0n) is 9.32. The third kappa shape index (κ3) is 2.38. The van der Waals surface area contributed by atoms with Crippen LogP contribution in [0.1, 0.15) is 19.3 Å². The number of nitrogens with two attached hydrogens (primary N) is 2. The van der Waals surface area contributed by atoms with Gasteiger partial charge in [0.25, 0.3) is 0 Å². The van der Waals surface area contributed by atoms with Crippen molar-refractivity contribution in [1.29, 1.82) is 5.41 Å². The summed E-state index contributed by atoms with van der Waals surface area (Å²) in [5, 5.41) is 9.59. The summed E-state index contributed by atoms with van der Waals surface area (Å²) in [5.41, 5.74) is 9.41.